The Bertz CT molecular complexity index is 1480. The third-order valence-corrected chi connectivity index (χ3v) is 7.54. The first-order chi connectivity index (χ1) is 18.9. The molecule has 0 aliphatic rings. The number of aryl methyl sites for hydroxylation is 2. The number of benzene rings is 3. The van der Waals surface area contributed by atoms with Gasteiger partial charge in [-0.15, -0.1) is 0 Å². The summed E-state index contributed by atoms with van der Waals surface area (Å²) in [5.41, 5.74) is 2.73. The fraction of sp³-hybridized carbons (Fsp3) is 0.310. The van der Waals surface area contributed by atoms with Crippen molar-refractivity contribution >= 4 is 33.2 Å². The third-order valence-electron chi connectivity index (χ3n) is 6.41. The lowest BCUT2D eigenvalue weighted by Gasteiger charge is -2.33. The monoisotopic (exact) mass is 566 g/mol. The van der Waals surface area contributed by atoms with Crippen LogP contribution in [0, 0.1) is 24.0 Å². The second-order valence-electron chi connectivity index (χ2n) is 9.61. The van der Waals surface area contributed by atoms with Crippen LogP contribution in [-0.2, 0) is 32.6 Å². The van der Waals surface area contributed by atoms with Gasteiger partial charge >= 0.3 is 0 Å². The Balaban J connectivity index is 2.09. The molecule has 0 bridgehead atoms. The number of nitro groups is 1. The summed E-state index contributed by atoms with van der Waals surface area (Å²) in [5.74, 6) is -0.991. The number of hydrogen-bond acceptors (Lipinski definition) is 6. The van der Waals surface area contributed by atoms with Gasteiger partial charge in [0.05, 0.1) is 16.9 Å². The zero-order chi connectivity index (χ0) is 29.4. The van der Waals surface area contributed by atoms with Crippen molar-refractivity contribution in [2.24, 2.45) is 0 Å². The van der Waals surface area contributed by atoms with E-state index in [2.05, 4.69) is 5.32 Å². The maximum atomic E-state index is 14.0. The molecule has 0 aromatic heterocycles. The Morgan fingerprint density at radius 1 is 0.975 bits per heavy atom. The van der Waals surface area contributed by atoms with Gasteiger partial charge in [-0.1, -0.05) is 66.2 Å². The minimum atomic E-state index is -4.04. The van der Waals surface area contributed by atoms with Crippen molar-refractivity contribution in [1.29, 1.82) is 0 Å². The van der Waals surface area contributed by atoms with E-state index in [4.69, 9.17) is 0 Å². The molecule has 1 N–H and O–H groups in total. The molecule has 0 radical (unpaired) electrons. The van der Waals surface area contributed by atoms with Crippen LogP contribution in [0.4, 0.5) is 11.4 Å². The standard InChI is InChI=1S/C29H34N4O6S/c1-5-30-29(35)27(17-23-11-7-6-8-12-23)31(19-24-13-9-10-21(2)16-24)28(34)20-32(40(4,38)39)26-18-25(33(36)37)15-14-22(26)3/h6-16,18,27H,5,17,19-20H2,1-4H3,(H,30,35)/t27-/m0/s1. The van der Waals surface area contributed by atoms with E-state index >= 15 is 0 Å². The van der Waals surface area contributed by atoms with Gasteiger partial charge in [0.2, 0.25) is 21.8 Å². The first-order valence-corrected chi connectivity index (χ1v) is 14.6. The summed E-state index contributed by atoms with van der Waals surface area (Å²) in [6.45, 7) is 5.06. The summed E-state index contributed by atoms with van der Waals surface area (Å²) < 4.78 is 26.7. The second kappa shape index (κ2) is 13.2. The van der Waals surface area contributed by atoms with Crippen LogP contribution in [0.25, 0.3) is 0 Å². The molecule has 0 aliphatic heterocycles. The van der Waals surface area contributed by atoms with Gasteiger partial charge in [-0.05, 0) is 37.5 Å². The Morgan fingerprint density at radius 3 is 2.25 bits per heavy atom. The minimum Gasteiger partial charge on any atom is -0.355 e. The van der Waals surface area contributed by atoms with E-state index in [-0.39, 0.29) is 30.2 Å². The minimum absolute atomic E-state index is 0.0261. The van der Waals surface area contributed by atoms with Crippen LogP contribution in [0.5, 0.6) is 0 Å². The van der Waals surface area contributed by atoms with E-state index in [9.17, 15) is 28.1 Å². The number of nitrogens with zero attached hydrogens (tertiary/aromatic N) is 3. The quantitative estimate of drug-likeness (QED) is 0.263. The number of likely N-dealkylation sites (N-methyl/N-ethyl adjacent to an activating group) is 1. The maximum Gasteiger partial charge on any atom is 0.271 e. The number of carbonyl (C=O) groups excluding carboxylic acids is 2. The first kappa shape index (κ1) is 30.3. The average Bonchev–Trinajstić information content (AvgIpc) is 2.89. The van der Waals surface area contributed by atoms with Gasteiger partial charge in [0.1, 0.15) is 12.6 Å². The molecule has 0 saturated heterocycles. The SMILES string of the molecule is CCNC(=O)[C@H](Cc1ccccc1)N(Cc1cccc(C)c1)C(=O)CN(c1cc([N+](=O)[O-])ccc1C)S(C)(=O)=O. The van der Waals surface area contributed by atoms with E-state index in [1.807, 2.05) is 61.5 Å². The van der Waals surface area contributed by atoms with Crippen LogP contribution in [0.2, 0.25) is 0 Å². The average molecular weight is 567 g/mol. The number of nitro benzene ring substituents is 1. The Morgan fingerprint density at radius 2 is 1.65 bits per heavy atom. The van der Waals surface area contributed by atoms with Crippen LogP contribution in [0.3, 0.4) is 0 Å². The lowest BCUT2D eigenvalue weighted by molar-refractivity contribution is -0.384. The zero-order valence-electron chi connectivity index (χ0n) is 23.0. The van der Waals surface area contributed by atoms with Gasteiger partial charge < -0.3 is 10.2 Å². The number of rotatable bonds is 12. The zero-order valence-corrected chi connectivity index (χ0v) is 23.8. The molecule has 0 spiro atoms. The summed E-state index contributed by atoms with van der Waals surface area (Å²) in [6.07, 6.45) is 1.15. The van der Waals surface area contributed by atoms with Crippen LogP contribution in [-0.4, -0.2) is 55.4 Å². The molecule has 40 heavy (non-hydrogen) atoms. The summed E-state index contributed by atoms with van der Waals surface area (Å²) in [7, 11) is -4.04. The van der Waals surface area contributed by atoms with Crippen molar-refractivity contribution in [2.75, 3.05) is 23.7 Å². The topological polar surface area (TPSA) is 130 Å². The molecule has 3 rings (SSSR count). The molecule has 0 heterocycles. The molecule has 0 aliphatic carbocycles. The molecule has 2 amide bonds. The maximum absolute atomic E-state index is 14.0. The number of sulfonamides is 1. The van der Waals surface area contributed by atoms with Gasteiger partial charge in [0.15, 0.2) is 0 Å². The largest absolute Gasteiger partial charge is 0.355 e. The van der Waals surface area contributed by atoms with Gasteiger partial charge in [-0.3, -0.25) is 24.0 Å². The number of nitrogens with one attached hydrogen (secondary N) is 1. The number of anilines is 1. The predicted octanol–water partition coefficient (Wildman–Crippen LogP) is 3.75. The molecule has 0 unspecified atom stereocenters. The van der Waals surface area contributed by atoms with Crippen molar-refractivity contribution in [1.82, 2.24) is 10.2 Å². The highest BCUT2D eigenvalue weighted by molar-refractivity contribution is 7.92. The van der Waals surface area contributed by atoms with E-state index in [1.165, 1.54) is 17.0 Å². The van der Waals surface area contributed by atoms with Crippen molar-refractivity contribution in [3.8, 4) is 0 Å². The number of amides is 2. The summed E-state index contributed by atoms with van der Waals surface area (Å²) in [4.78, 5) is 39.6. The molecular formula is C29H34N4O6S. The van der Waals surface area contributed by atoms with E-state index in [0.717, 1.165) is 33.3 Å². The first-order valence-electron chi connectivity index (χ1n) is 12.8. The lowest BCUT2D eigenvalue weighted by atomic mass is 10.0. The van der Waals surface area contributed by atoms with Gasteiger partial charge in [0, 0.05) is 31.6 Å². The van der Waals surface area contributed by atoms with Gasteiger partial charge in [-0.25, -0.2) is 8.42 Å². The molecule has 0 fully saturated rings. The second-order valence-corrected chi connectivity index (χ2v) is 11.5. The Kier molecular flexibility index (Phi) is 10.0. The number of hydrogen-bond donors (Lipinski definition) is 1. The number of non-ortho nitro benzene ring substituents is 1. The van der Waals surface area contributed by atoms with Crippen LogP contribution in [0.15, 0.2) is 72.8 Å². The fourth-order valence-corrected chi connectivity index (χ4v) is 5.33. The highest BCUT2D eigenvalue weighted by Gasteiger charge is 2.33. The van der Waals surface area contributed by atoms with Crippen LogP contribution in [0.1, 0.15) is 29.2 Å². The van der Waals surface area contributed by atoms with E-state index in [1.54, 1.807) is 13.8 Å². The van der Waals surface area contributed by atoms with Gasteiger partial charge in [0.25, 0.3) is 5.69 Å². The van der Waals surface area contributed by atoms with Crippen LogP contribution >= 0.6 is 0 Å². The van der Waals surface area contributed by atoms with Crippen molar-refractivity contribution < 1.29 is 22.9 Å². The molecule has 3 aromatic rings. The normalized spacial score (nSPS) is 11.9. The fourth-order valence-electron chi connectivity index (χ4n) is 4.43. The Hall–Kier alpha value is -4.25. The molecule has 1 atom stereocenters. The Labute approximate surface area is 234 Å². The molecule has 11 heteroatoms. The summed E-state index contributed by atoms with van der Waals surface area (Å²) >= 11 is 0. The van der Waals surface area contributed by atoms with Gasteiger partial charge in [-0.2, -0.15) is 0 Å². The number of carbonyl (C=O) groups is 2. The van der Waals surface area contributed by atoms with Crippen molar-refractivity contribution in [3.63, 3.8) is 0 Å². The lowest BCUT2D eigenvalue weighted by Crippen LogP contribution is -2.53. The summed E-state index contributed by atoms with van der Waals surface area (Å²) in [5, 5.41) is 14.2. The smallest absolute Gasteiger partial charge is 0.271 e. The molecule has 0 saturated carbocycles. The predicted molar refractivity (Wildman–Crippen MR) is 154 cm³/mol. The van der Waals surface area contributed by atoms with Crippen molar-refractivity contribution in [2.45, 2.75) is 39.8 Å². The van der Waals surface area contributed by atoms with Crippen LogP contribution < -0.4 is 9.62 Å². The summed E-state index contributed by atoms with van der Waals surface area (Å²) in [6, 6.07) is 19.7. The highest BCUT2D eigenvalue weighted by Crippen LogP contribution is 2.28. The van der Waals surface area contributed by atoms with E-state index < -0.39 is 33.4 Å². The highest BCUT2D eigenvalue weighted by atomic mass is 32.2. The molecule has 10 nitrogen and oxygen atoms in total. The molecular weight excluding hydrogens is 532 g/mol. The molecule has 212 valence electrons. The third kappa shape index (κ3) is 7.89. The van der Waals surface area contributed by atoms with Crippen molar-refractivity contribution in [3.05, 3.63) is 105 Å². The van der Waals surface area contributed by atoms with E-state index in [0.29, 0.717) is 12.1 Å². The molecule has 3 aromatic carbocycles.